The first kappa shape index (κ1) is 14.5. The molecule has 0 fully saturated rings. The van der Waals surface area contributed by atoms with Crippen LogP contribution >= 0.6 is 11.6 Å². The number of sulfone groups is 1. The van der Waals surface area contributed by atoms with Crippen LogP contribution in [0.25, 0.3) is 0 Å². The predicted octanol–water partition coefficient (Wildman–Crippen LogP) is 2.03. The Balaban J connectivity index is 2.37. The first-order chi connectivity index (χ1) is 7.87. The summed E-state index contributed by atoms with van der Waals surface area (Å²) in [6, 6.07) is 7.55. The summed E-state index contributed by atoms with van der Waals surface area (Å²) in [4.78, 5) is 0. The molecule has 0 heterocycles. The Morgan fingerprint density at radius 2 is 2.12 bits per heavy atom. The van der Waals surface area contributed by atoms with E-state index < -0.39 is 9.84 Å². The normalized spacial score (nSPS) is 13.6. The van der Waals surface area contributed by atoms with Crippen LogP contribution in [-0.2, 0) is 16.3 Å². The van der Waals surface area contributed by atoms with Gasteiger partial charge in [0.2, 0.25) is 0 Å². The highest BCUT2D eigenvalue weighted by Gasteiger charge is 2.07. The van der Waals surface area contributed by atoms with Crippen molar-refractivity contribution in [3.63, 3.8) is 0 Å². The molecule has 2 N–H and O–H groups in total. The van der Waals surface area contributed by atoms with Crippen LogP contribution < -0.4 is 5.73 Å². The van der Waals surface area contributed by atoms with Crippen molar-refractivity contribution >= 4 is 21.4 Å². The van der Waals surface area contributed by atoms with Crippen LogP contribution in [0.5, 0.6) is 0 Å². The smallest absolute Gasteiger partial charge is 0.147 e. The molecular formula is C12H18ClNO2S. The molecule has 1 atom stereocenters. The molecule has 1 aromatic carbocycles. The summed E-state index contributed by atoms with van der Waals surface area (Å²) in [6.07, 6.45) is 3.29. The van der Waals surface area contributed by atoms with Crippen LogP contribution in [0.3, 0.4) is 0 Å². The number of benzene rings is 1. The zero-order valence-electron chi connectivity index (χ0n) is 9.90. The van der Waals surface area contributed by atoms with Gasteiger partial charge in [0.25, 0.3) is 0 Å². The fourth-order valence-corrected chi connectivity index (χ4v) is 2.58. The third-order valence-electron chi connectivity index (χ3n) is 2.48. The van der Waals surface area contributed by atoms with Crippen molar-refractivity contribution in [2.24, 2.45) is 5.73 Å². The van der Waals surface area contributed by atoms with Gasteiger partial charge in [-0.25, -0.2) is 8.42 Å². The number of nitrogens with two attached hydrogens (primary N) is 1. The third kappa shape index (κ3) is 6.66. The van der Waals surface area contributed by atoms with Crippen LogP contribution in [0.2, 0.25) is 5.02 Å². The Bertz CT molecular complexity index is 459. The molecule has 5 heteroatoms. The van der Waals surface area contributed by atoms with Gasteiger partial charge in [0, 0.05) is 23.1 Å². The molecule has 0 saturated heterocycles. The second-order valence-electron chi connectivity index (χ2n) is 4.37. The van der Waals surface area contributed by atoms with Crippen LogP contribution in [0.4, 0.5) is 0 Å². The van der Waals surface area contributed by atoms with E-state index in [1.54, 1.807) is 0 Å². The average Bonchev–Trinajstić information content (AvgIpc) is 2.15. The topological polar surface area (TPSA) is 60.2 Å². The molecule has 0 aliphatic rings. The molecule has 0 amide bonds. The average molecular weight is 276 g/mol. The van der Waals surface area contributed by atoms with E-state index in [-0.39, 0.29) is 11.8 Å². The Hall–Kier alpha value is -0.580. The van der Waals surface area contributed by atoms with Gasteiger partial charge in [-0.1, -0.05) is 23.7 Å². The minimum Gasteiger partial charge on any atom is -0.327 e. The van der Waals surface area contributed by atoms with Gasteiger partial charge < -0.3 is 5.73 Å². The Morgan fingerprint density at radius 3 is 2.71 bits per heavy atom. The summed E-state index contributed by atoms with van der Waals surface area (Å²) in [7, 11) is -2.88. The largest absolute Gasteiger partial charge is 0.327 e. The Kier molecular flexibility index (Phi) is 5.43. The second kappa shape index (κ2) is 6.38. The van der Waals surface area contributed by atoms with Gasteiger partial charge in [0.1, 0.15) is 9.84 Å². The molecule has 0 saturated carbocycles. The van der Waals surface area contributed by atoms with Crippen molar-refractivity contribution in [1.29, 1.82) is 0 Å². The molecule has 0 aromatic heterocycles. The summed E-state index contributed by atoms with van der Waals surface area (Å²) in [6.45, 7) is 0. The zero-order valence-corrected chi connectivity index (χ0v) is 11.5. The third-order valence-corrected chi connectivity index (χ3v) is 3.74. The first-order valence-corrected chi connectivity index (χ1v) is 7.98. The fraction of sp³-hybridized carbons (Fsp3) is 0.500. The van der Waals surface area contributed by atoms with Gasteiger partial charge in [-0.15, -0.1) is 0 Å². The highest BCUT2D eigenvalue weighted by atomic mass is 35.5. The van der Waals surface area contributed by atoms with Gasteiger partial charge in [-0.05, 0) is 37.0 Å². The first-order valence-electron chi connectivity index (χ1n) is 5.54. The standard InChI is InChI=1S/C12H18ClNO2S/c1-17(15,16)7-3-6-12(14)9-10-4-2-5-11(13)8-10/h2,4-5,8,12H,3,6-7,9,14H2,1H3. The molecule has 0 aliphatic carbocycles. The molecular weight excluding hydrogens is 258 g/mol. The lowest BCUT2D eigenvalue weighted by Gasteiger charge is -2.11. The van der Waals surface area contributed by atoms with E-state index in [9.17, 15) is 8.42 Å². The lowest BCUT2D eigenvalue weighted by molar-refractivity contribution is 0.577. The molecule has 1 rings (SSSR count). The molecule has 1 unspecified atom stereocenters. The number of halogens is 1. The molecule has 0 aliphatic heterocycles. The van der Waals surface area contributed by atoms with Crippen molar-refractivity contribution in [2.45, 2.75) is 25.3 Å². The maximum absolute atomic E-state index is 11.0. The summed E-state index contributed by atoms with van der Waals surface area (Å²) >= 11 is 5.87. The number of hydrogen-bond acceptors (Lipinski definition) is 3. The van der Waals surface area contributed by atoms with Gasteiger partial charge >= 0.3 is 0 Å². The minimum atomic E-state index is -2.88. The molecule has 1 aromatic rings. The number of rotatable bonds is 6. The Labute approximate surface area is 108 Å². The van der Waals surface area contributed by atoms with Crippen molar-refractivity contribution in [2.75, 3.05) is 12.0 Å². The quantitative estimate of drug-likeness (QED) is 0.864. The summed E-state index contributed by atoms with van der Waals surface area (Å²) in [5.74, 6) is 0.205. The molecule has 17 heavy (non-hydrogen) atoms. The Morgan fingerprint density at radius 1 is 1.41 bits per heavy atom. The van der Waals surface area contributed by atoms with E-state index >= 15 is 0 Å². The zero-order chi connectivity index (χ0) is 12.9. The number of hydrogen-bond donors (Lipinski definition) is 1. The lowest BCUT2D eigenvalue weighted by Crippen LogP contribution is -2.23. The van der Waals surface area contributed by atoms with E-state index in [4.69, 9.17) is 17.3 Å². The van der Waals surface area contributed by atoms with Crippen molar-refractivity contribution in [1.82, 2.24) is 0 Å². The van der Waals surface area contributed by atoms with Gasteiger partial charge in [0.05, 0.1) is 0 Å². The highest BCUT2D eigenvalue weighted by Crippen LogP contribution is 2.13. The SMILES string of the molecule is CS(=O)(=O)CCCC(N)Cc1cccc(Cl)c1. The molecule has 0 spiro atoms. The van der Waals surface area contributed by atoms with Crippen molar-refractivity contribution in [3.05, 3.63) is 34.9 Å². The monoisotopic (exact) mass is 275 g/mol. The van der Waals surface area contributed by atoms with E-state index in [2.05, 4.69) is 0 Å². The van der Waals surface area contributed by atoms with Gasteiger partial charge in [-0.2, -0.15) is 0 Å². The van der Waals surface area contributed by atoms with Crippen molar-refractivity contribution in [3.8, 4) is 0 Å². The lowest BCUT2D eigenvalue weighted by atomic mass is 10.0. The molecule has 0 bridgehead atoms. The fourth-order valence-electron chi connectivity index (χ4n) is 1.68. The van der Waals surface area contributed by atoms with Gasteiger partial charge in [-0.3, -0.25) is 0 Å². The summed E-state index contributed by atoms with van der Waals surface area (Å²) in [5, 5.41) is 0.700. The van der Waals surface area contributed by atoms with Crippen LogP contribution in [0.1, 0.15) is 18.4 Å². The summed E-state index contributed by atoms with van der Waals surface area (Å²) < 4.78 is 21.9. The van der Waals surface area contributed by atoms with Crippen LogP contribution in [-0.4, -0.2) is 26.5 Å². The summed E-state index contributed by atoms with van der Waals surface area (Å²) in [5.41, 5.74) is 7.03. The highest BCUT2D eigenvalue weighted by molar-refractivity contribution is 7.90. The van der Waals surface area contributed by atoms with Crippen LogP contribution in [0.15, 0.2) is 24.3 Å². The van der Waals surface area contributed by atoms with Crippen LogP contribution in [0, 0.1) is 0 Å². The van der Waals surface area contributed by atoms with E-state index in [0.29, 0.717) is 17.9 Å². The second-order valence-corrected chi connectivity index (χ2v) is 7.06. The molecule has 0 radical (unpaired) electrons. The molecule has 3 nitrogen and oxygen atoms in total. The maximum atomic E-state index is 11.0. The van der Waals surface area contributed by atoms with E-state index in [1.807, 2.05) is 24.3 Å². The maximum Gasteiger partial charge on any atom is 0.147 e. The van der Waals surface area contributed by atoms with Crippen molar-refractivity contribution < 1.29 is 8.42 Å². The van der Waals surface area contributed by atoms with E-state index in [0.717, 1.165) is 12.0 Å². The minimum absolute atomic E-state index is 0.0183. The predicted molar refractivity (Wildman–Crippen MR) is 72.1 cm³/mol. The molecule has 96 valence electrons. The van der Waals surface area contributed by atoms with Gasteiger partial charge in [0.15, 0.2) is 0 Å². The van der Waals surface area contributed by atoms with E-state index in [1.165, 1.54) is 6.26 Å².